The van der Waals surface area contributed by atoms with Crippen molar-refractivity contribution in [3.05, 3.63) is 66.9 Å². The first-order valence-corrected chi connectivity index (χ1v) is 11.3. The van der Waals surface area contributed by atoms with Crippen LogP contribution >= 0.6 is 0 Å². The predicted octanol–water partition coefficient (Wildman–Crippen LogP) is 3.78. The van der Waals surface area contributed by atoms with E-state index in [4.69, 9.17) is 14.3 Å². The molecular formula is C23H24N2O5S. The van der Waals surface area contributed by atoms with Crippen LogP contribution in [0.5, 0.6) is 5.75 Å². The van der Waals surface area contributed by atoms with Crippen LogP contribution < -0.4 is 4.74 Å². The molecule has 0 spiro atoms. The van der Waals surface area contributed by atoms with Gasteiger partial charge < -0.3 is 9.30 Å². The van der Waals surface area contributed by atoms with Gasteiger partial charge in [0, 0.05) is 31.4 Å². The van der Waals surface area contributed by atoms with Gasteiger partial charge in [0.1, 0.15) is 5.75 Å². The van der Waals surface area contributed by atoms with Crippen LogP contribution in [0.1, 0.15) is 20.3 Å². The molecule has 1 aliphatic heterocycles. The summed E-state index contributed by atoms with van der Waals surface area (Å²) in [6.45, 7) is 4.71. The average Bonchev–Trinajstić information content (AvgIpc) is 3.19. The molecule has 7 nitrogen and oxygen atoms in total. The molecule has 0 saturated carbocycles. The Bertz CT molecular complexity index is 1200. The fourth-order valence-electron chi connectivity index (χ4n) is 3.52. The minimum absolute atomic E-state index is 0.0536. The van der Waals surface area contributed by atoms with Gasteiger partial charge in [0.05, 0.1) is 16.5 Å². The molecule has 162 valence electrons. The molecule has 0 fully saturated rings. The van der Waals surface area contributed by atoms with E-state index < -0.39 is 10.0 Å². The summed E-state index contributed by atoms with van der Waals surface area (Å²) < 4.78 is 35.2. The Balaban J connectivity index is 0.000000858. The number of hydrogen-bond acceptors (Lipinski definition) is 5. The topological polar surface area (TPSA) is 85.7 Å². The molecule has 2 heterocycles. The minimum atomic E-state index is -3.52. The highest BCUT2D eigenvalue weighted by Gasteiger charge is 2.26. The number of rotatable bonds is 5. The number of ether oxygens (including phenoxy) is 1. The van der Waals surface area contributed by atoms with Crippen LogP contribution in [-0.4, -0.2) is 42.6 Å². The molecule has 0 unspecified atom stereocenters. The third-order valence-electron chi connectivity index (χ3n) is 4.89. The largest absolute Gasteiger partial charge is 0.491 e. The van der Waals surface area contributed by atoms with Crippen LogP contribution in [0.4, 0.5) is 0 Å². The molecule has 4 rings (SSSR count). The number of sulfonamides is 1. The summed E-state index contributed by atoms with van der Waals surface area (Å²) in [6, 6.07) is 16.9. The van der Waals surface area contributed by atoms with E-state index in [0.717, 1.165) is 11.2 Å². The second-order valence-electron chi connectivity index (χ2n) is 7.27. The monoisotopic (exact) mass is 440 g/mol. The first-order valence-electron chi connectivity index (χ1n) is 9.88. The molecule has 2 aromatic carbocycles. The molecule has 8 heteroatoms. The van der Waals surface area contributed by atoms with E-state index in [1.165, 1.54) is 9.69 Å². The molecule has 1 aromatic heterocycles. The maximum Gasteiger partial charge on any atom is 0.373 e. The highest BCUT2D eigenvalue weighted by atomic mass is 32.2. The minimum Gasteiger partial charge on any atom is -0.491 e. The van der Waals surface area contributed by atoms with Crippen LogP contribution in [0.3, 0.4) is 0 Å². The van der Waals surface area contributed by atoms with E-state index in [1.54, 1.807) is 24.3 Å². The van der Waals surface area contributed by atoms with Crippen LogP contribution in [0.25, 0.3) is 16.6 Å². The lowest BCUT2D eigenvalue weighted by atomic mass is 10.2. The van der Waals surface area contributed by atoms with Gasteiger partial charge in [-0.05, 0) is 61.7 Å². The number of para-hydroxylation sites is 1. The van der Waals surface area contributed by atoms with Crippen LogP contribution in [0.15, 0.2) is 71.8 Å². The molecule has 31 heavy (non-hydrogen) atoms. The van der Waals surface area contributed by atoms with Crippen molar-refractivity contribution in [3.63, 3.8) is 0 Å². The molecular weight excluding hydrogens is 416 g/mol. The van der Waals surface area contributed by atoms with Crippen LogP contribution in [0.2, 0.25) is 0 Å². The van der Waals surface area contributed by atoms with E-state index in [0.29, 0.717) is 30.2 Å². The van der Waals surface area contributed by atoms with Crippen LogP contribution in [-0.2, 0) is 19.6 Å². The second kappa shape index (κ2) is 9.75. The van der Waals surface area contributed by atoms with Gasteiger partial charge in [-0.2, -0.15) is 13.9 Å². The summed E-state index contributed by atoms with van der Waals surface area (Å²) in [5.74, 6) is 0.675. The Morgan fingerprint density at radius 3 is 2.29 bits per heavy atom. The van der Waals surface area contributed by atoms with Crippen molar-refractivity contribution in [2.75, 3.05) is 13.1 Å². The van der Waals surface area contributed by atoms with Gasteiger partial charge in [0.15, 0.2) is 0 Å². The highest BCUT2D eigenvalue weighted by molar-refractivity contribution is 7.89. The number of fused-ring (bicyclic) bond motifs is 1. The molecule has 0 N–H and O–H groups in total. The lowest BCUT2D eigenvalue weighted by molar-refractivity contribution is -0.191. The van der Waals surface area contributed by atoms with Crippen molar-refractivity contribution in [1.29, 1.82) is 0 Å². The smallest absolute Gasteiger partial charge is 0.373 e. The molecule has 0 radical (unpaired) electrons. The Kier molecular flexibility index (Phi) is 7.07. The normalized spacial score (nSPS) is 14.5. The van der Waals surface area contributed by atoms with E-state index in [2.05, 4.69) is 22.8 Å². The lowest BCUT2D eigenvalue weighted by Gasteiger charge is -2.26. The van der Waals surface area contributed by atoms with Crippen molar-refractivity contribution in [3.8, 4) is 5.75 Å². The highest BCUT2D eigenvalue weighted by Crippen LogP contribution is 2.27. The molecule has 0 bridgehead atoms. The zero-order valence-corrected chi connectivity index (χ0v) is 18.2. The molecule has 0 amide bonds. The number of aromatic nitrogens is 1. The van der Waals surface area contributed by atoms with Crippen LogP contribution in [0, 0.1) is 0 Å². The number of benzene rings is 2. The van der Waals surface area contributed by atoms with E-state index in [1.807, 2.05) is 38.3 Å². The number of nitrogens with zero attached hydrogens (tertiary/aromatic N) is 2. The van der Waals surface area contributed by atoms with Gasteiger partial charge in [-0.15, -0.1) is 0 Å². The zero-order valence-electron chi connectivity index (χ0n) is 17.4. The van der Waals surface area contributed by atoms with Gasteiger partial charge in [-0.25, -0.2) is 8.42 Å². The fourth-order valence-corrected chi connectivity index (χ4v) is 4.90. The third-order valence-corrected chi connectivity index (χ3v) is 6.77. The van der Waals surface area contributed by atoms with Gasteiger partial charge in [-0.3, -0.25) is 0 Å². The Morgan fingerprint density at radius 1 is 1.00 bits per heavy atom. The molecule has 3 aromatic rings. The summed E-state index contributed by atoms with van der Waals surface area (Å²) in [4.78, 5) is 16.5. The second-order valence-corrected chi connectivity index (χ2v) is 9.21. The van der Waals surface area contributed by atoms with Crippen molar-refractivity contribution in [2.24, 2.45) is 0 Å². The first kappa shape index (κ1) is 22.5. The number of hydrogen-bond donors (Lipinski definition) is 0. The summed E-state index contributed by atoms with van der Waals surface area (Å²) in [5, 5.41) is 1.18. The SMILES string of the molecule is CC(C)Oc1ccc(S(=O)(=O)N2CC=C(n3ccc4ccccc43)CC2)cc1.O=C=O. The van der Waals surface area contributed by atoms with Crippen molar-refractivity contribution >= 4 is 32.8 Å². The van der Waals surface area contributed by atoms with Gasteiger partial charge in [0.25, 0.3) is 0 Å². The lowest BCUT2D eigenvalue weighted by Crippen LogP contribution is -2.35. The maximum absolute atomic E-state index is 13.0. The Hall–Kier alpha value is -3.19. The van der Waals surface area contributed by atoms with E-state index >= 15 is 0 Å². The standard InChI is InChI=1S/C22H24N2O3S.CO2/c1-17(2)27-20-7-9-21(10-8-20)28(25,26)23-14-12-19(13-15-23)24-16-11-18-5-3-4-6-22(18)24;2-1-3/h3-12,16-17H,13-15H2,1-2H3;. The Morgan fingerprint density at radius 2 is 1.68 bits per heavy atom. The Labute approximate surface area is 181 Å². The number of carbonyl (C=O) groups excluding carboxylic acids is 2. The third kappa shape index (κ3) is 5.11. The molecule has 0 atom stereocenters. The average molecular weight is 441 g/mol. The molecule has 0 saturated heterocycles. The van der Waals surface area contributed by atoms with Gasteiger partial charge in [0.2, 0.25) is 10.0 Å². The van der Waals surface area contributed by atoms with E-state index in [-0.39, 0.29) is 12.3 Å². The summed E-state index contributed by atoms with van der Waals surface area (Å²) in [6.07, 6.45) is 5.03. The summed E-state index contributed by atoms with van der Waals surface area (Å²) >= 11 is 0. The maximum atomic E-state index is 13.0. The summed E-state index contributed by atoms with van der Waals surface area (Å²) in [5.41, 5.74) is 2.28. The van der Waals surface area contributed by atoms with Gasteiger partial charge in [-0.1, -0.05) is 18.2 Å². The van der Waals surface area contributed by atoms with Gasteiger partial charge >= 0.3 is 6.15 Å². The van der Waals surface area contributed by atoms with Crippen molar-refractivity contribution in [2.45, 2.75) is 31.3 Å². The quantitative estimate of drug-likeness (QED) is 0.603. The van der Waals surface area contributed by atoms with Crippen molar-refractivity contribution in [1.82, 2.24) is 8.87 Å². The fraction of sp³-hybridized carbons (Fsp3) is 0.261. The zero-order chi connectivity index (χ0) is 22.4. The molecule has 1 aliphatic rings. The van der Waals surface area contributed by atoms with Crippen molar-refractivity contribution < 1.29 is 22.7 Å². The molecule has 0 aliphatic carbocycles. The van der Waals surface area contributed by atoms with E-state index in [9.17, 15) is 8.42 Å². The predicted molar refractivity (Wildman–Crippen MR) is 117 cm³/mol. The summed E-state index contributed by atoms with van der Waals surface area (Å²) in [7, 11) is -3.52. The first-order chi connectivity index (χ1) is 14.9.